The summed E-state index contributed by atoms with van der Waals surface area (Å²) < 4.78 is 5.76. The number of urea groups is 1. The summed E-state index contributed by atoms with van der Waals surface area (Å²) in [6.45, 7) is 0.482. The predicted molar refractivity (Wildman–Crippen MR) is 146 cm³/mol. The Kier molecular flexibility index (Phi) is 8.71. The van der Waals surface area contributed by atoms with Gasteiger partial charge in [-0.1, -0.05) is 66.7 Å². The summed E-state index contributed by atoms with van der Waals surface area (Å²) in [5.74, 6) is -0.883. The average molecular weight is 519 g/mol. The van der Waals surface area contributed by atoms with Crippen LogP contribution in [0.1, 0.15) is 53.2 Å². The van der Waals surface area contributed by atoms with Crippen LogP contribution in [0.2, 0.25) is 0 Å². The lowest BCUT2D eigenvalue weighted by Gasteiger charge is -2.20. The van der Waals surface area contributed by atoms with Crippen LogP contribution in [-0.2, 0) is 9.53 Å². The number of esters is 1. The summed E-state index contributed by atoms with van der Waals surface area (Å²) in [5.41, 5.74) is 13.5. The Bertz CT molecular complexity index is 1270. The molecule has 1 saturated carbocycles. The van der Waals surface area contributed by atoms with Gasteiger partial charge < -0.3 is 16.2 Å². The van der Waals surface area contributed by atoms with Gasteiger partial charge in [0.05, 0.1) is 5.56 Å². The number of hydrogen-bond donors (Lipinski definition) is 4. The van der Waals surface area contributed by atoms with Crippen molar-refractivity contribution in [2.45, 2.75) is 37.8 Å². The van der Waals surface area contributed by atoms with Crippen molar-refractivity contribution in [1.82, 2.24) is 5.32 Å². The molecule has 37 heavy (non-hydrogen) atoms. The Balaban J connectivity index is 1.39. The highest BCUT2D eigenvalue weighted by Crippen LogP contribution is 2.35. The first-order chi connectivity index (χ1) is 17.9. The fourth-order valence-corrected chi connectivity index (χ4v) is 5.35. The minimum atomic E-state index is -0.758. The highest BCUT2D eigenvalue weighted by atomic mass is 32.1. The third kappa shape index (κ3) is 7.05. The normalized spacial score (nSPS) is 14.5. The number of hydrogen-bond acceptors (Lipinski definition) is 6. The summed E-state index contributed by atoms with van der Waals surface area (Å²) >= 11 is 1.23. The first-order valence-corrected chi connectivity index (χ1v) is 13.0. The largest absolute Gasteiger partial charge is 0.461 e. The van der Waals surface area contributed by atoms with Crippen LogP contribution in [0.4, 0.5) is 9.80 Å². The molecule has 0 bridgehead atoms. The average Bonchev–Trinajstić information content (AvgIpc) is 3.55. The zero-order valence-corrected chi connectivity index (χ0v) is 21.1. The fraction of sp³-hybridized carbons (Fsp3) is 0.250. The number of nitrogens with one attached hydrogen (secondary N) is 2. The van der Waals surface area contributed by atoms with Crippen LogP contribution in [0.5, 0.6) is 0 Å². The van der Waals surface area contributed by atoms with E-state index >= 15 is 0 Å². The van der Waals surface area contributed by atoms with Crippen molar-refractivity contribution in [3.63, 3.8) is 0 Å². The first-order valence-electron chi connectivity index (χ1n) is 12.2. The monoisotopic (exact) mass is 518 g/mol. The lowest BCUT2D eigenvalue weighted by atomic mass is 10.1. The van der Waals surface area contributed by atoms with E-state index in [1.807, 2.05) is 66.7 Å². The Morgan fingerprint density at radius 2 is 1.73 bits per heavy atom. The van der Waals surface area contributed by atoms with Gasteiger partial charge in [-0.2, -0.15) is 0 Å². The van der Waals surface area contributed by atoms with Crippen LogP contribution < -0.4 is 22.1 Å². The van der Waals surface area contributed by atoms with E-state index in [0.717, 1.165) is 47.3 Å². The maximum Gasteiger partial charge on any atom is 0.328 e. The van der Waals surface area contributed by atoms with E-state index in [4.69, 9.17) is 16.2 Å². The molecule has 0 saturated heterocycles. The molecular formula is C28H30N4O4S. The molecule has 8 nitrogen and oxygen atoms in total. The van der Waals surface area contributed by atoms with Crippen molar-refractivity contribution < 1.29 is 19.1 Å². The number of rotatable bonds is 10. The Labute approximate surface area is 219 Å². The molecule has 1 aliphatic rings. The van der Waals surface area contributed by atoms with Gasteiger partial charge in [-0.25, -0.2) is 9.59 Å². The van der Waals surface area contributed by atoms with Crippen LogP contribution in [0.25, 0.3) is 16.5 Å². The van der Waals surface area contributed by atoms with Crippen molar-refractivity contribution in [3.05, 3.63) is 83.4 Å². The lowest BCUT2D eigenvalue weighted by molar-refractivity contribution is -0.151. The molecule has 6 N–H and O–H groups in total. The van der Waals surface area contributed by atoms with Gasteiger partial charge in [0.25, 0.3) is 5.91 Å². The number of carbonyl (C=O) groups excluding carboxylic acids is 3. The third-order valence-electron chi connectivity index (χ3n) is 6.13. The van der Waals surface area contributed by atoms with E-state index in [2.05, 4.69) is 10.6 Å². The molecule has 0 radical (unpaired) electrons. The van der Waals surface area contributed by atoms with Crippen LogP contribution in [-0.4, -0.2) is 30.6 Å². The van der Waals surface area contributed by atoms with Crippen LogP contribution >= 0.6 is 11.3 Å². The van der Waals surface area contributed by atoms with Crippen molar-refractivity contribution in [2.75, 3.05) is 11.9 Å². The Morgan fingerprint density at radius 1 is 1.03 bits per heavy atom. The molecule has 1 aliphatic carbocycles. The number of amides is 3. The molecule has 1 aromatic heterocycles. The molecule has 3 amide bonds. The second kappa shape index (κ2) is 12.3. The highest BCUT2D eigenvalue weighted by Gasteiger charge is 2.26. The predicted octanol–water partition coefficient (Wildman–Crippen LogP) is 4.83. The maximum atomic E-state index is 12.9. The first kappa shape index (κ1) is 26.1. The van der Waals surface area contributed by atoms with Gasteiger partial charge in [-0.3, -0.25) is 15.4 Å². The zero-order valence-electron chi connectivity index (χ0n) is 20.3. The van der Waals surface area contributed by atoms with Crippen molar-refractivity contribution in [2.24, 2.45) is 11.5 Å². The molecule has 1 heterocycles. The van der Waals surface area contributed by atoms with E-state index in [9.17, 15) is 14.4 Å². The molecule has 3 aromatic rings. The third-order valence-corrected chi connectivity index (χ3v) is 7.23. The molecule has 0 aliphatic heterocycles. The van der Waals surface area contributed by atoms with Gasteiger partial charge in [0.15, 0.2) is 0 Å². The standard InChI is InChI=1S/C28H30N4O4S/c29-25(33)22-17-23(37-26(22)32-28(30)35)19-14-12-18(13-15-19)7-6-16-31-24(20-8-2-1-3-9-20)27(34)36-21-10-4-5-11-21/h1-3,6-9,12-15,17,21,24,31H,4-5,10-11,16H2,(H2,29,33)(H3,30,32,35)/t24-/m0/s1. The minimum Gasteiger partial charge on any atom is -0.461 e. The number of benzene rings is 2. The quantitative estimate of drug-likeness (QED) is 0.285. The molecule has 1 atom stereocenters. The number of thiophene rings is 1. The summed E-state index contributed by atoms with van der Waals surface area (Å²) in [5, 5.41) is 6.07. The van der Waals surface area contributed by atoms with Gasteiger partial charge in [-0.05, 0) is 48.4 Å². The smallest absolute Gasteiger partial charge is 0.328 e. The second-order valence-electron chi connectivity index (χ2n) is 8.83. The topological polar surface area (TPSA) is 137 Å². The van der Waals surface area contributed by atoms with Gasteiger partial charge in [0.1, 0.15) is 17.1 Å². The number of nitrogens with two attached hydrogens (primary N) is 2. The van der Waals surface area contributed by atoms with E-state index < -0.39 is 18.0 Å². The van der Waals surface area contributed by atoms with Crippen molar-refractivity contribution in [1.29, 1.82) is 0 Å². The minimum absolute atomic E-state index is 0.0135. The molecular weight excluding hydrogens is 488 g/mol. The molecule has 192 valence electrons. The number of primary amides is 2. The molecule has 4 rings (SSSR count). The van der Waals surface area contributed by atoms with Gasteiger partial charge in [0.2, 0.25) is 0 Å². The Morgan fingerprint density at radius 3 is 2.38 bits per heavy atom. The number of carbonyl (C=O) groups is 3. The molecule has 0 unspecified atom stereocenters. The van der Waals surface area contributed by atoms with E-state index in [1.54, 1.807) is 6.07 Å². The summed E-state index contributed by atoms with van der Waals surface area (Å²) in [6, 6.07) is 17.7. The molecule has 9 heteroatoms. The van der Waals surface area contributed by atoms with Crippen molar-refractivity contribution >= 4 is 40.3 Å². The maximum absolute atomic E-state index is 12.9. The zero-order chi connectivity index (χ0) is 26.2. The molecule has 1 fully saturated rings. The van der Waals surface area contributed by atoms with Gasteiger partial charge in [0, 0.05) is 11.4 Å². The molecule has 2 aromatic carbocycles. The van der Waals surface area contributed by atoms with Gasteiger partial charge >= 0.3 is 12.0 Å². The van der Waals surface area contributed by atoms with Crippen molar-refractivity contribution in [3.8, 4) is 10.4 Å². The van der Waals surface area contributed by atoms with Crippen LogP contribution in [0.15, 0.2) is 66.7 Å². The number of ether oxygens (including phenoxy) is 1. The van der Waals surface area contributed by atoms with E-state index in [1.165, 1.54) is 11.3 Å². The Hall–Kier alpha value is -3.95. The van der Waals surface area contributed by atoms with Crippen LogP contribution in [0.3, 0.4) is 0 Å². The van der Waals surface area contributed by atoms with E-state index in [0.29, 0.717) is 11.5 Å². The highest BCUT2D eigenvalue weighted by molar-refractivity contribution is 7.20. The summed E-state index contributed by atoms with van der Waals surface area (Å²) in [6.07, 6.45) is 8.01. The lowest BCUT2D eigenvalue weighted by Crippen LogP contribution is -2.32. The van der Waals surface area contributed by atoms with Crippen LogP contribution in [0, 0.1) is 0 Å². The summed E-state index contributed by atoms with van der Waals surface area (Å²) in [7, 11) is 0. The van der Waals surface area contributed by atoms with Gasteiger partial charge in [-0.15, -0.1) is 11.3 Å². The fourth-order valence-electron chi connectivity index (χ4n) is 4.28. The number of anilines is 1. The second-order valence-corrected chi connectivity index (χ2v) is 9.88. The SMILES string of the molecule is NC(=O)Nc1sc(-c2ccc(C=CCN[C@H](C(=O)OC3CCCC3)c3ccccc3)cc2)cc1C(N)=O. The summed E-state index contributed by atoms with van der Waals surface area (Å²) in [4.78, 5) is 36.6. The molecule has 0 spiro atoms. The van der Waals surface area contributed by atoms with E-state index in [-0.39, 0.29) is 17.6 Å².